The molecule has 1 fully saturated rings. The number of H-pyrrole nitrogens is 1. The molecule has 108 valence electrons. The Morgan fingerprint density at radius 1 is 1.45 bits per heavy atom. The van der Waals surface area contributed by atoms with Gasteiger partial charge in [-0.05, 0) is 37.9 Å². The smallest absolute Gasteiger partial charge is 0.245 e. The maximum Gasteiger partial charge on any atom is 0.245 e. The highest BCUT2D eigenvalue weighted by atomic mass is 16.3. The molecule has 0 unspecified atom stereocenters. The first-order valence-electron chi connectivity index (χ1n) is 7.27. The van der Waals surface area contributed by atoms with Gasteiger partial charge < -0.3 is 14.6 Å². The quantitative estimate of drug-likeness (QED) is 0.872. The van der Waals surface area contributed by atoms with Gasteiger partial charge in [0.25, 0.3) is 0 Å². The van der Waals surface area contributed by atoms with Crippen LogP contribution in [-0.4, -0.2) is 41.4 Å². The Labute approximate surface area is 118 Å². The van der Waals surface area contributed by atoms with E-state index in [1.165, 1.54) is 12.8 Å². The van der Waals surface area contributed by atoms with E-state index in [0.29, 0.717) is 0 Å². The van der Waals surface area contributed by atoms with Crippen molar-refractivity contribution < 1.29 is 4.42 Å². The second-order valence-electron chi connectivity index (χ2n) is 5.23. The Balaban J connectivity index is 1.58. The van der Waals surface area contributed by atoms with Gasteiger partial charge in [0.05, 0.1) is 11.8 Å². The summed E-state index contributed by atoms with van der Waals surface area (Å²) < 4.78 is 5.07. The highest BCUT2D eigenvalue weighted by molar-refractivity contribution is 5.54. The summed E-state index contributed by atoms with van der Waals surface area (Å²) in [6, 6.07) is 1.88. The summed E-state index contributed by atoms with van der Waals surface area (Å²) in [5, 5.41) is 10.7. The van der Waals surface area contributed by atoms with Crippen molar-refractivity contribution in [1.82, 2.24) is 20.5 Å². The summed E-state index contributed by atoms with van der Waals surface area (Å²) in [4.78, 5) is 6.80. The first-order chi connectivity index (χ1) is 9.86. The molecule has 2 aromatic heterocycles. The average molecular weight is 275 g/mol. The monoisotopic (exact) mass is 275 g/mol. The van der Waals surface area contributed by atoms with E-state index in [9.17, 15) is 0 Å². The van der Waals surface area contributed by atoms with Gasteiger partial charge in [-0.1, -0.05) is 6.92 Å². The van der Waals surface area contributed by atoms with Gasteiger partial charge in [0.15, 0.2) is 5.82 Å². The third-order valence-corrected chi connectivity index (χ3v) is 3.85. The molecule has 6 nitrogen and oxygen atoms in total. The van der Waals surface area contributed by atoms with E-state index in [1.54, 1.807) is 12.5 Å². The number of aromatic nitrogens is 3. The Morgan fingerprint density at radius 3 is 3.00 bits per heavy atom. The first kappa shape index (κ1) is 13.2. The van der Waals surface area contributed by atoms with Crippen molar-refractivity contribution in [2.75, 3.05) is 31.1 Å². The maximum absolute atomic E-state index is 5.07. The molecule has 3 rings (SSSR count). The number of piperidine rings is 1. The zero-order valence-electron chi connectivity index (χ0n) is 11.8. The van der Waals surface area contributed by atoms with Crippen LogP contribution in [0.4, 0.5) is 5.95 Å². The van der Waals surface area contributed by atoms with E-state index >= 15 is 0 Å². The molecule has 6 heteroatoms. The van der Waals surface area contributed by atoms with E-state index in [-0.39, 0.29) is 0 Å². The molecular weight excluding hydrogens is 254 g/mol. The fourth-order valence-electron chi connectivity index (χ4n) is 2.61. The SMILES string of the molecule is CCNCC1CCN(c2n[nH]c(-c3ccoc3)n2)CC1. The fourth-order valence-corrected chi connectivity index (χ4v) is 2.61. The molecule has 3 heterocycles. The molecule has 0 bridgehead atoms. The van der Waals surface area contributed by atoms with E-state index in [1.807, 2.05) is 6.07 Å². The summed E-state index contributed by atoms with van der Waals surface area (Å²) in [7, 11) is 0. The molecule has 2 N–H and O–H groups in total. The van der Waals surface area contributed by atoms with Crippen molar-refractivity contribution in [3.05, 3.63) is 18.6 Å². The largest absolute Gasteiger partial charge is 0.472 e. The molecule has 0 saturated carbocycles. The predicted molar refractivity (Wildman–Crippen MR) is 77.6 cm³/mol. The second kappa shape index (κ2) is 6.09. The predicted octanol–water partition coefficient (Wildman–Crippen LogP) is 1.89. The van der Waals surface area contributed by atoms with Crippen molar-refractivity contribution in [3.63, 3.8) is 0 Å². The molecule has 0 radical (unpaired) electrons. The molecule has 1 aliphatic rings. The first-order valence-corrected chi connectivity index (χ1v) is 7.27. The molecule has 0 amide bonds. The molecule has 0 spiro atoms. The molecule has 2 aromatic rings. The minimum atomic E-state index is 0.767. The highest BCUT2D eigenvalue weighted by Crippen LogP contribution is 2.22. The number of hydrogen-bond donors (Lipinski definition) is 2. The number of rotatable bonds is 5. The van der Waals surface area contributed by atoms with Crippen LogP contribution in [0.25, 0.3) is 11.4 Å². The summed E-state index contributed by atoms with van der Waals surface area (Å²) in [6.07, 6.45) is 5.71. The number of aromatic amines is 1. The standard InChI is InChI=1S/C14H21N5O/c1-2-15-9-11-3-6-19(7-4-11)14-16-13(17-18-14)12-5-8-20-10-12/h5,8,10-11,15H,2-4,6-7,9H2,1H3,(H,16,17,18). The zero-order valence-corrected chi connectivity index (χ0v) is 11.8. The van der Waals surface area contributed by atoms with Crippen molar-refractivity contribution in [2.24, 2.45) is 5.92 Å². The Bertz CT molecular complexity index is 513. The minimum Gasteiger partial charge on any atom is -0.472 e. The number of hydrogen-bond acceptors (Lipinski definition) is 5. The molecule has 0 aromatic carbocycles. The molecule has 20 heavy (non-hydrogen) atoms. The lowest BCUT2D eigenvalue weighted by molar-refractivity contribution is 0.384. The summed E-state index contributed by atoms with van der Waals surface area (Å²) in [6.45, 7) is 6.38. The van der Waals surface area contributed by atoms with Crippen molar-refractivity contribution in [1.29, 1.82) is 0 Å². The van der Waals surface area contributed by atoms with Gasteiger partial charge in [-0.3, -0.25) is 5.10 Å². The lowest BCUT2D eigenvalue weighted by atomic mass is 9.97. The highest BCUT2D eigenvalue weighted by Gasteiger charge is 2.21. The summed E-state index contributed by atoms with van der Waals surface area (Å²) in [5.41, 5.74) is 0.936. The van der Waals surface area contributed by atoms with Gasteiger partial charge in [-0.15, -0.1) is 5.10 Å². The van der Waals surface area contributed by atoms with Crippen LogP contribution in [0.3, 0.4) is 0 Å². The number of furan rings is 1. The van der Waals surface area contributed by atoms with Gasteiger partial charge in [0.2, 0.25) is 5.95 Å². The Hall–Kier alpha value is -1.82. The Kier molecular flexibility index (Phi) is 4.01. The van der Waals surface area contributed by atoms with E-state index in [0.717, 1.165) is 49.4 Å². The van der Waals surface area contributed by atoms with Gasteiger partial charge in [-0.2, -0.15) is 4.98 Å². The van der Waals surface area contributed by atoms with E-state index in [4.69, 9.17) is 4.42 Å². The van der Waals surface area contributed by atoms with Crippen LogP contribution in [0, 0.1) is 5.92 Å². The molecular formula is C14H21N5O. The number of anilines is 1. The van der Waals surface area contributed by atoms with E-state index in [2.05, 4.69) is 32.3 Å². The van der Waals surface area contributed by atoms with Crippen LogP contribution in [0.2, 0.25) is 0 Å². The third kappa shape index (κ3) is 2.85. The van der Waals surface area contributed by atoms with Crippen molar-refractivity contribution >= 4 is 5.95 Å². The van der Waals surface area contributed by atoms with E-state index < -0.39 is 0 Å². The fraction of sp³-hybridized carbons (Fsp3) is 0.571. The lowest BCUT2D eigenvalue weighted by Crippen LogP contribution is -2.37. The van der Waals surface area contributed by atoms with Crippen molar-refractivity contribution in [2.45, 2.75) is 19.8 Å². The van der Waals surface area contributed by atoms with Crippen LogP contribution in [0.15, 0.2) is 23.0 Å². The number of nitrogens with zero attached hydrogens (tertiary/aromatic N) is 3. The van der Waals surface area contributed by atoms with Gasteiger partial charge >= 0.3 is 0 Å². The average Bonchev–Trinajstić information content (AvgIpc) is 3.16. The van der Waals surface area contributed by atoms with Crippen LogP contribution in [-0.2, 0) is 0 Å². The molecule has 1 saturated heterocycles. The zero-order chi connectivity index (χ0) is 13.8. The summed E-state index contributed by atoms with van der Waals surface area (Å²) >= 11 is 0. The van der Waals surface area contributed by atoms with Crippen LogP contribution in [0.1, 0.15) is 19.8 Å². The topological polar surface area (TPSA) is 70.0 Å². The minimum absolute atomic E-state index is 0.767. The van der Waals surface area contributed by atoms with Crippen LogP contribution >= 0.6 is 0 Å². The third-order valence-electron chi connectivity index (χ3n) is 3.85. The number of nitrogens with one attached hydrogen (secondary N) is 2. The van der Waals surface area contributed by atoms with Crippen LogP contribution in [0.5, 0.6) is 0 Å². The maximum atomic E-state index is 5.07. The van der Waals surface area contributed by atoms with Crippen molar-refractivity contribution in [3.8, 4) is 11.4 Å². The molecule has 1 aliphatic heterocycles. The second-order valence-corrected chi connectivity index (χ2v) is 5.23. The van der Waals surface area contributed by atoms with Gasteiger partial charge in [0.1, 0.15) is 6.26 Å². The Morgan fingerprint density at radius 2 is 2.30 bits per heavy atom. The van der Waals surface area contributed by atoms with Crippen LogP contribution < -0.4 is 10.2 Å². The normalized spacial score (nSPS) is 16.8. The van der Waals surface area contributed by atoms with Gasteiger partial charge in [-0.25, -0.2) is 0 Å². The molecule has 0 atom stereocenters. The molecule has 0 aliphatic carbocycles. The lowest BCUT2D eigenvalue weighted by Gasteiger charge is -2.31. The van der Waals surface area contributed by atoms with Gasteiger partial charge in [0, 0.05) is 13.1 Å². The summed E-state index contributed by atoms with van der Waals surface area (Å²) in [5.74, 6) is 2.34.